The minimum absolute atomic E-state index is 0.551. The van der Waals surface area contributed by atoms with Gasteiger partial charge in [0.1, 0.15) is 0 Å². The molecular formula is C14H17N3O2S. The Balaban J connectivity index is 1.95. The Morgan fingerprint density at radius 2 is 1.70 bits per heavy atom. The number of benzene rings is 1. The van der Waals surface area contributed by atoms with Crippen molar-refractivity contribution < 1.29 is 8.42 Å². The molecule has 106 valence electrons. The second-order valence-corrected chi connectivity index (χ2v) is 6.36. The van der Waals surface area contributed by atoms with E-state index < -0.39 is 10.0 Å². The highest BCUT2D eigenvalue weighted by Crippen LogP contribution is 2.15. The third-order valence-corrected chi connectivity index (χ3v) is 3.26. The third-order valence-electron chi connectivity index (χ3n) is 2.66. The number of nitrogens with zero attached hydrogens (tertiary/aromatic N) is 1. The number of nitrogens with one attached hydrogen (secondary N) is 2. The second kappa shape index (κ2) is 5.92. The molecule has 20 heavy (non-hydrogen) atoms. The average Bonchev–Trinajstić information content (AvgIpc) is 2.38. The topological polar surface area (TPSA) is 71.1 Å². The highest BCUT2D eigenvalue weighted by Gasteiger charge is 2.01. The van der Waals surface area contributed by atoms with Crippen LogP contribution in [0.3, 0.4) is 0 Å². The van der Waals surface area contributed by atoms with Crippen molar-refractivity contribution in [1.82, 2.24) is 4.98 Å². The van der Waals surface area contributed by atoms with Crippen LogP contribution in [0.15, 0.2) is 42.6 Å². The molecule has 0 aliphatic heterocycles. The van der Waals surface area contributed by atoms with E-state index >= 15 is 0 Å². The molecule has 0 saturated heterocycles. The zero-order valence-electron chi connectivity index (χ0n) is 11.4. The van der Waals surface area contributed by atoms with Gasteiger partial charge in [-0.25, -0.2) is 8.42 Å². The van der Waals surface area contributed by atoms with Crippen molar-refractivity contribution in [3.05, 3.63) is 53.9 Å². The number of aromatic nitrogens is 1. The van der Waals surface area contributed by atoms with Crippen molar-refractivity contribution >= 4 is 21.4 Å². The zero-order chi connectivity index (χ0) is 14.6. The Morgan fingerprint density at radius 1 is 1.05 bits per heavy atom. The van der Waals surface area contributed by atoms with Crippen LogP contribution >= 0.6 is 0 Å². The lowest BCUT2D eigenvalue weighted by molar-refractivity contribution is 0.607. The van der Waals surface area contributed by atoms with Gasteiger partial charge in [-0.1, -0.05) is 6.07 Å². The Kier molecular flexibility index (Phi) is 4.24. The summed E-state index contributed by atoms with van der Waals surface area (Å²) >= 11 is 0. The molecular weight excluding hydrogens is 274 g/mol. The highest BCUT2D eigenvalue weighted by molar-refractivity contribution is 7.92. The zero-order valence-corrected chi connectivity index (χ0v) is 12.2. The van der Waals surface area contributed by atoms with Gasteiger partial charge in [-0.05, 0) is 42.8 Å². The Hall–Kier alpha value is -2.08. The number of sulfonamides is 1. The summed E-state index contributed by atoms with van der Waals surface area (Å²) in [5.74, 6) is 0. The monoisotopic (exact) mass is 291 g/mol. The lowest BCUT2D eigenvalue weighted by Gasteiger charge is -2.08. The molecule has 2 N–H and O–H groups in total. The molecule has 0 aliphatic rings. The van der Waals surface area contributed by atoms with E-state index in [1.807, 2.05) is 37.4 Å². The van der Waals surface area contributed by atoms with Crippen LogP contribution in [0.5, 0.6) is 0 Å². The molecule has 2 rings (SSSR count). The molecule has 1 aromatic heterocycles. The van der Waals surface area contributed by atoms with Crippen LogP contribution in [0.25, 0.3) is 0 Å². The van der Waals surface area contributed by atoms with Crippen LogP contribution in [0.4, 0.5) is 11.4 Å². The fraction of sp³-hybridized carbons (Fsp3) is 0.214. The van der Waals surface area contributed by atoms with Gasteiger partial charge in [-0.2, -0.15) is 0 Å². The smallest absolute Gasteiger partial charge is 0.229 e. The van der Waals surface area contributed by atoms with Crippen molar-refractivity contribution in [2.45, 2.75) is 13.5 Å². The first-order valence-electron chi connectivity index (χ1n) is 6.16. The number of hydrogen-bond acceptors (Lipinski definition) is 4. The average molecular weight is 291 g/mol. The summed E-state index contributed by atoms with van der Waals surface area (Å²) in [6.07, 6.45) is 2.96. The van der Waals surface area contributed by atoms with Crippen molar-refractivity contribution in [2.24, 2.45) is 0 Å². The van der Waals surface area contributed by atoms with Crippen molar-refractivity contribution in [3.8, 4) is 0 Å². The van der Waals surface area contributed by atoms with Crippen molar-refractivity contribution in [1.29, 1.82) is 0 Å². The molecule has 0 unspecified atom stereocenters. The van der Waals surface area contributed by atoms with Gasteiger partial charge < -0.3 is 5.32 Å². The predicted octanol–water partition coefficient (Wildman–Crippen LogP) is 2.37. The van der Waals surface area contributed by atoms with Gasteiger partial charge >= 0.3 is 0 Å². The van der Waals surface area contributed by atoms with E-state index in [0.717, 1.165) is 23.2 Å². The van der Waals surface area contributed by atoms with E-state index in [-0.39, 0.29) is 0 Å². The Labute approximate surface area is 119 Å². The molecule has 6 heteroatoms. The summed E-state index contributed by atoms with van der Waals surface area (Å²) in [5, 5.41) is 3.25. The van der Waals surface area contributed by atoms with Gasteiger partial charge in [0, 0.05) is 29.8 Å². The molecule has 0 spiro atoms. The fourth-order valence-electron chi connectivity index (χ4n) is 1.68. The lowest BCUT2D eigenvalue weighted by atomic mass is 10.2. The van der Waals surface area contributed by atoms with Crippen LogP contribution in [0.2, 0.25) is 0 Å². The fourth-order valence-corrected chi connectivity index (χ4v) is 2.24. The van der Waals surface area contributed by atoms with E-state index in [2.05, 4.69) is 15.0 Å². The van der Waals surface area contributed by atoms with Crippen LogP contribution in [0.1, 0.15) is 11.3 Å². The van der Waals surface area contributed by atoms with E-state index in [4.69, 9.17) is 0 Å². The lowest BCUT2D eigenvalue weighted by Crippen LogP contribution is -2.09. The summed E-state index contributed by atoms with van der Waals surface area (Å²) < 4.78 is 24.6. The van der Waals surface area contributed by atoms with Gasteiger partial charge in [0.2, 0.25) is 10.0 Å². The summed E-state index contributed by atoms with van der Waals surface area (Å²) in [4.78, 5) is 4.23. The standard InChI is InChI=1S/C14H17N3O2S/c1-11-3-4-12(9-15-11)10-16-13-5-7-14(8-6-13)17-20(2,18)19/h3-9,16-17H,10H2,1-2H3. The molecule has 0 saturated carbocycles. The Morgan fingerprint density at radius 3 is 2.25 bits per heavy atom. The highest BCUT2D eigenvalue weighted by atomic mass is 32.2. The number of anilines is 2. The second-order valence-electron chi connectivity index (χ2n) is 4.61. The number of hydrogen-bond donors (Lipinski definition) is 2. The number of rotatable bonds is 5. The normalized spacial score (nSPS) is 11.1. The minimum Gasteiger partial charge on any atom is -0.381 e. The number of aryl methyl sites for hydroxylation is 1. The third kappa shape index (κ3) is 4.55. The molecule has 0 amide bonds. The number of pyridine rings is 1. The summed E-state index contributed by atoms with van der Waals surface area (Å²) in [6.45, 7) is 2.62. The molecule has 1 aromatic carbocycles. The summed E-state index contributed by atoms with van der Waals surface area (Å²) in [6, 6.07) is 11.1. The van der Waals surface area contributed by atoms with Gasteiger partial charge in [0.25, 0.3) is 0 Å². The maximum Gasteiger partial charge on any atom is 0.229 e. The SMILES string of the molecule is Cc1ccc(CNc2ccc(NS(C)(=O)=O)cc2)cn1. The van der Waals surface area contributed by atoms with E-state index in [1.165, 1.54) is 0 Å². The first-order valence-corrected chi connectivity index (χ1v) is 8.05. The predicted molar refractivity (Wildman–Crippen MR) is 81.2 cm³/mol. The molecule has 0 aliphatic carbocycles. The molecule has 0 radical (unpaired) electrons. The van der Waals surface area contributed by atoms with Crippen LogP contribution in [0, 0.1) is 6.92 Å². The van der Waals surface area contributed by atoms with Crippen LogP contribution in [-0.4, -0.2) is 19.7 Å². The molecule has 2 aromatic rings. The maximum absolute atomic E-state index is 11.1. The maximum atomic E-state index is 11.1. The Bertz CT molecular complexity index is 665. The summed E-state index contributed by atoms with van der Waals surface area (Å²) in [5.41, 5.74) is 3.55. The van der Waals surface area contributed by atoms with Crippen LogP contribution in [-0.2, 0) is 16.6 Å². The molecule has 5 nitrogen and oxygen atoms in total. The largest absolute Gasteiger partial charge is 0.381 e. The van der Waals surface area contributed by atoms with E-state index in [0.29, 0.717) is 12.2 Å². The minimum atomic E-state index is -3.23. The molecule has 1 heterocycles. The first-order chi connectivity index (χ1) is 9.42. The molecule has 0 atom stereocenters. The van der Waals surface area contributed by atoms with Gasteiger partial charge in [0.15, 0.2) is 0 Å². The first kappa shape index (κ1) is 14.3. The van der Waals surface area contributed by atoms with Crippen LogP contribution < -0.4 is 10.0 Å². The van der Waals surface area contributed by atoms with E-state index in [9.17, 15) is 8.42 Å². The summed E-state index contributed by atoms with van der Waals surface area (Å²) in [7, 11) is -3.23. The van der Waals surface area contributed by atoms with Crippen molar-refractivity contribution in [2.75, 3.05) is 16.3 Å². The molecule has 0 bridgehead atoms. The van der Waals surface area contributed by atoms with Gasteiger partial charge in [-0.15, -0.1) is 0 Å². The van der Waals surface area contributed by atoms with Gasteiger partial charge in [-0.3, -0.25) is 9.71 Å². The van der Waals surface area contributed by atoms with Gasteiger partial charge in [0.05, 0.1) is 6.26 Å². The van der Waals surface area contributed by atoms with E-state index in [1.54, 1.807) is 12.1 Å². The quantitative estimate of drug-likeness (QED) is 0.887. The molecule has 0 fully saturated rings. The van der Waals surface area contributed by atoms with Crippen molar-refractivity contribution in [3.63, 3.8) is 0 Å².